The summed E-state index contributed by atoms with van der Waals surface area (Å²) in [5.74, 6) is -0.967. The average Bonchev–Trinajstić information content (AvgIpc) is 3.03. The molecule has 2 aromatic rings. The summed E-state index contributed by atoms with van der Waals surface area (Å²) < 4.78 is 11.2. The third-order valence-corrected chi connectivity index (χ3v) is 4.89. The lowest BCUT2D eigenvalue weighted by Gasteiger charge is -2.24. The summed E-state index contributed by atoms with van der Waals surface area (Å²) in [6.07, 6.45) is 2.48. The van der Waals surface area contributed by atoms with Gasteiger partial charge < -0.3 is 19.5 Å². The van der Waals surface area contributed by atoms with Gasteiger partial charge in [-0.3, -0.25) is 14.6 Å². The van der Waals surface area contributed by atoms with Crippen molar-refractivity contribution >= 4 is 17.4 Å². The van der Waals surface area contributed by atoms with E-state index in [1.54, 1.807) is 48.7 Å². The first-order chi connectivity index (χ1) is 14.9. The van der Waals surface area contributed by atoms with E-state index in [1.165, 1.54) is 4.90 Å². The van der Waals surface area contributed by atoms with Crippen LogP contribution in [0, 0.1) is 0 Å². The van der Waals surface area contributed by atoms with Crippen molar-refractivity contribution in [3.05, 3.63) is 65.5 Å². The van der Waals surface area contributed by atoms with Crippen molar-refractivity contribution < 1.29 is 24.2 Å². The lowest BCUT2D eigenvalue weighted by molar-refractivity contribution is -0.140. The Hall–Kier alpha value is -3.19. The van der Waals surface area contributed by atoms with Crippen molar-refractivity contribution in [1.29, 1.82) is 0 Å². The Morgan fingerprint density at radius 3 is 2.48 bits per heavy atom. The Morgan fingerprint density at radius 2 is 1.87 bits per heavy atom. The number of carbonyl (C=O) groups excluding carboxylic acids is 2. The molecule has 1 aliphatic rings. The van der Waals surface area contributed by atoms with Crippen molar-refractivity contribution in [1.82, 2.24) is 9.88 Å². The van der Waals surface area contributed by atoms with Crippen LogP contribution in [0.4, 0.5) is 0 Å². The van der Waals surface area contributed by atoms with Gasteiger partial charge in [0.25, 0.3) is 11.7 Å². The molecule has 31 heavy (non-hydrogen) atoms. The van der Waals surface area contributed by atoms with E-state index in [1.807, 2.05) is 20.8 Å². The Bertz CT molecular complexity index is 938. The second-order valence-corrected chi connectivity index (χ2v) is 7.54. The number of likely N-dealkylation sites (tertiary alicyclic amines) is 1. The second kappa shape index (κ2) is 10.2. The number of pyridine rings is 1. The van der Waals surface area contributed by atoms with Gasteiger partial charge in [-0.25, -0.2) is 0 Å². The molecule has 1 aliphatic heterocycles. The quantitative estimate of drug-likeness (QED) is 0.375. The number of amides is 1. The van der Waals surface area contributed by atoms with Gasteiger partial charge in [0.1, 0.15) is 17.6 Å². The van der Waals surface area contributed by atoms with Crippen molar-refractivity contribution in [3.63, 3.8) is 0 Å². The molecule has 164 valence electrons. The molecule has 0 bridgehead atoms. The van der Waals surface area contributed by atoms with E-state index in [9.17, 15) is 14.7 Å². The van der Waals surface area contributed by atoms with E-state index in [0.29, 0.717) is 23.6 Å². The van der Waals surface area contributed by atoms with Crippen LogP contribution in [0.15, 0.2) is 54.2 Å². The highest BCUT2D eigenvalue weighted by Gasteiger charge is 2.46. The molecule has 1 aromatic carbocycles. The first-order valence-electron chi connectivity index (χ1n) is 10.5. The number of aromatic nitrogens is 1. The summed E-state index contributed by atoms with van der Waals surface area (Å²) in [4.78, 5) is 31.5. The number of Topliss-reactive ketones (excluding diaryl/α,β-unsaturated/α-hetero) is 1. The van der Waals surface area contributed by atoms with E-state index in [0.717, 1.165) is 6.42 Å². The number of ketones is 1. The normalized spacial score (nSPS) is 18.1. The van der Waals surface area contributed by atoms with Gasteiger partial charge in [0.2, 0.25) is 0 Å². The molecule has 0 spiro atoms. The number of hydrogen-bond acceptors (Lipinski definition) is 6. The van der Waals surface area contributed by atoms with Crippen LogP contribution in [-0.4, -0.2) is 52.5 Å². The molecule has 7 nitrogen and oxygen atoms in total. The molecule has 1 saturated heterocycles. The molecule has 2 heterocycles. The molecule has 1 atom stereocenters. The molecule has 1 unspecified atom stereocenters. The SMILES string of the molecule is CCCOc1ccc(/C(O)=C2/C(=O)C(=O)N(CCOC(C)C)C2c2ccccn2)cc1. The Kier molecular flexibility index (Phi) is 7.41. The monoisotopic (exact) mass is 424 g/mol. The number of ether oxygens (including phenoxy) is 2. The van der Waals surface area contributed by atoms with Gasteiger partial charge >= 0.3 is 0 Å². The van der Waals surface area contributed by atoms with Crippen molar-refractivity contribution in [2.75, 3.05) is 19.8 Å². The highest BCUT2D eigenvalue weighted by molar-refractivity contribution is 6.46. The van der Waals surface area contributed by atoms with Gasteiger partial charge in [0, 0.05) is 18.3 Å². The molecule has 1 aromatic heterocycles. The molecule has 0 saturated carbocycles. The largest absolute Gasteiger partial charge is 0.507 e. The van der Waals surface area contributed by atoms with Gasteiger partial charge in [0.15, 0.2) is 0 Å². The molecular formula is C24H28N2O5. The Balaban J connectivity index is 1.99. The molecule has 1 N–H and O–H groups in total. The van der Waals surface area contributed by atoms with Crippen LogP contribution in [0.25, 0.3) is 5.76 Å². The third-order valence-electron chi connectivity index (χ3n) is 4.89. The number of rotatable bonds is 9. The summed E-state index contributed by atoms with van der Waals surface area (Å²) in [5.41, 5.74) is 0.965. The minimum atomic E-state index is -0.784. The molecule has 1 fully saturated rings. The first kappa shape index (κ1) is 22.5. The highest BCUT2D eigenvalue weighted by Crippen LogP contribution is 2.38. The maximum absolute atomic E-state index is 12.9. The fraction of sp³-hybridized carbons (Fsp3) is 0.375. The van der Waals surface area contributed by atoms with Gasteiger partial charge in [-0.15, -0.1) is 0 Å². The van der Waals surface area contributed by atoms with E-state index >= 15 is 0 Å². The Labute approximate surface area is 182 Å². The number of hydrogen-bond donors (Lipinski definition) is 1. The van der Waals surface area contributed by atoms with Crippen LogP contribution in [0.5, 0.6) is 5.75 Å². The number of nitrogens with zero attached hydrogens (tertiary/aromatic N) is 2. The van der Waals surface area contributed by atoms with Crippen LogP contribution in [0.1, 0.15) is 44.5 Å². The van der Waals surface area contributed by atoms with Crippen LogP contribution in [-0.2, 0) is 14.3 Å². The van der Waals surface area contributed by atoms with Gasteiger partial charge in [-0.05, 0) is 56.7 Å². The first-order valence-corrected chi connectivity index (χ1v) is 10.5. The number of carbonyl (C=O) groups is 2. The third kappa shape index (κ3) is 5.11. The van der Waals surface area contributed by atoms with Crippen molar-refractivity contribution in [2.45, 2.75) is 39.3 Å². The number of aliphatic hydroxyl groups excluding tert-OH is 1. The van der Waals surface area contributed by atoms with Crippen LogP contribution < -0.4 is 4.74 Å². The van der Waals surface area contributed by atoms with Crippen molar-refractivity contribution in [3.8, 4) is 5.75 Å². The van der Waals surface area contributed by atoms with Crippen LogP contribution >= 0.6 is 0 Å². The van der Waals surface area contributed by atoms with E-state index in [-0.39, 0.29) is 30.6 Å². The lowest BCUT2D eigenvalue weighted by Crippen LogP contribution is -2.33. The summed E-state index contributed by atoms with van der Waals surface area (Å²) in [6.45, 7) is 6.90. The number of benzene rings is 1. The zero-order chi connectivity index (χ0) is 22.4. The summed E-state index contributed by atoms with van der Waals surface area (Å²) in [7, 11) is 0. The molecule has 0 radical (unpaired) electrons. The minimum Gasteiger partial charge on any atom is -0.507 e. The van der Waals surface area contributed by atoms with Gasteiger partial charge in [-0.1, -0.05) is 13.0 Å². The molecule has 0 aliphatic carbocycles. The predicted molar refractivity (Wildman–Crippen MR) is 117 cm³/mol. The fourth-order valence-electron chi connectivity index (χ4n) is 3.43. The lowest BCUT2D eigenvalue weighted by atomic mass is 9.98. The molecule has 7 heteroatoms. The molecule has 1 amide bonds. The van der Waals surface area contributed by atoms with E-state index < -0.39 is 17.7 Å². The number of aliphatic hydroxyl groups is 1. The second-order valence-electron chi connectivity index (χ2n) is 7.54. The smallest absolute Gasteiger partial charge is 0.295 e. The zero-order valence-corrected chi connectivity index (χ0v) is 18.1. The van der Waals surface area contributed by atoms with Crippen molar-refractivity contribution in [2.24, 2.45) is 0 Å². The Morgan fingerprint density at radius 1 is 1.13 bits per heavy atom. The van der Waals surface area contributed by atoms with E-state index in [2.05, 4.69) is 4.98 Å². The zero-order valence-electron chi connectivity index (χ0n) is 18.1. The molecule has 3 rings (SSSR count). The predicted octanol–water partition coefficient (Wildman–Crippen LogP) is 3.72. The standard InChI is InChI=1S/C24H28N2O5/c1-4-14-31-18-10-8-17(9-11-18)22(27)20-21(19-7-5-6-12-25-19)26(24(29)23(20)28)13-15-30-16(2)3/h5-12,16,21,27H,4,13-15H2,1-3H3/b22-20-. The average molecular weight is 424 g/mol. The maximum Gasteiger partial charge on any atom is 0.295 e. The van der Waals surface area contributed by atoms with Gasteiger partial charge in [0.05, 0.1) is 30.6 Å². The van der Waals surface area contributed by atoms with Crippen LogP contribution in [0.2, 0.25) is 0 Å². The summed E-state index contributed by atoms with van der Waals surface area (Å²) in [6, 6.07) is 11.3. The maximum atomic E-state index is 12.9. The minimum absolute atomic E-state index is 0.00133. The summed E-state index contributed by atoms with van der Waals surface area (Å²) in [5, 5.41) is 11.0. The van der Waals surface area contributed by atoms with E-state index in [4.69, 9.17) is 9.47 Å². The van der Waals surface area contributed by atoms with Gasteiger partial charge in [-0.2, -0.15) is 0 Å². The topological polar surface area (TPSA) is 89.0 Å². The fourth-order valence-corrected chi connectivity index (χ4v) is 3.43. The molecular weight excluding hydrogens is 396 g/mol. The summed E-state index contributed by atoms with van der Waals surface area (Å²) >= 11 is 0. The van der Waals surface area contributed by atoms with Crippen LogP contribution in [0.3, 0.4) is 0 Å². The highest BCUT2D eigenvalue weighted by atomic mass is 16.5.